The molecule has 1 fully saturated rings. The van der Waals surface area contributed by atoms with Crippen molar-refractivity contribution >= 4 is 15.9 Å². The van der Waals surface area contributed by atoms with E-state index in [9.17, 15) is 0 Å². The van der Waals surface area contributed by atoms with E-state index >= 15 is 0 Å². The Balaban J connectivity index is 1.76. The van der Waals surface area contributed by atoms with Crippen LogP contribution in [-0.2, 0) is 0 Å². The van der Waals surface area contributed by atoms with Gasteiger partial charge in [0, 0.05) is 13.1 Å². The molecule has 0 aromatic heterocycles. The number of halogens is 1. The van der Waals surface area contributed by atoms with Crippen LogP contribution in [0.3, 0.4) is 0 Å². The molecule has 1 aliphatic rings. The third-order valence-electron chi connectivity index (χ3n) is 3.98. The molecule has 0 bridgehead atoms. The molecular weight excluding hydrogens is 314 g/mol. The number of aryl methyl sites for hydroxylation is 2. The second-order valence-electron chi connectivity index (χ2n) is 6.14. The molecule has 2 rings (SSSR count). The lowest BCUT2D eigenvalue weighted by molar-refractivity contribution is 0.169. The van der Waals surface area contributed by atoms with Crippen LogP contribution in [0.4, 0.5) is 0 Å². The molecular formula is C17H26BrNO. The normalized spacial score (nSPS) is 20.1. The average molecular weight is 340 g/mol. The van der Waals surface area contributed by atoms with E-state index in [1.165, 1.54) is 37.1 Å². The summed E-state index contributed by atoms with van der Waals surface area (Å²) in [5.41, 5.74) is 2.48. The maximum absolute atomic E-state index is 5.97. The van der Waals surface area contributed by atoms with Gasteiger partial charge in [-0.05, 0) is 78.7 Å². The minimum Gasteiger partial charge on any atom is -0.492 e. The third kappa shape index (κ3) is 4.49. The van der Waals surface area contributed by atoms with Gasteiger partial charge in [0.05, 0.1) is 11.1 Å². The minimum absolute atomic E-state index is 0.799. The second-order valence-corrected chi connectivity index (χ2v) is 7.00. The molecule has 0 aliphatic carbocycles. The summed E-state index contributed by atoms with van der Waals surface area (Å²) in [5.74, 6) is 1.86. The lowest BCUT2D eigenvalue weighted by Crippen LogP contribution is -2.35. The largest absolute Gasteiger partial charge is 0.492 e. The van der Waals surface area contributed by atoms with Crippen LogP contribution in [-0.4, -0.2) is 31.1 Å². The van der Waals surface area contributed by atoms with E-state index in [1.807, 2.05) is 0 Å². The molecule has 1 atom stereocenters. The number of rotatable bonds is 5. The Bertz CT molecular complexity index is 424. The molecule has 0 unspecified atom stereocenters. The van der Waals surface area contributed by atoms with Crippen LogP contribution in [0.2, 0.25) is 0 Å². The summed E-state index contributed by atoms with van der Waals surface area (Å²) in [6.07, 6.45) is 3.85. The van der Waals surface area contributed by atoms with Crippen molar-refractivity contribution in [2.45, 2.75) is 40.0 Å². The first-order valence-electron chi connectivity index (χ1n) is 7.68. The van der Waals surface area contributed by atoms with Gasteiger partial charge in [-0.15, -0.1) is 0 Å². The van der Waals surface area contributed by atoms with E-state index in [2.05, 4.69) is 53.7 Å². The molecule has 1 heterocycles. The topological polar surface area (TPSA) is 12.5 Å². The first-order valence-corrected chi connectivity index (χ1v) is 8.47. The number of nitrogens with zero attached hydrogens (tertiary/aromatic N) is 1. The van der Waals surface area contributed by atoms with Crippen molar-refractivity contribution in [1.29, 1.82) is 0 Å². The Morgan fingerprint density at radius 2 is 2.15 bits per heavy atom. The van der Waals surface area contributed by atoms with Gasteiger partial charge < -0.3 is 9.64 Å². The van der Waals surface area contributed by atoms with Gasteiger partial charge in [0.25, 0.3) is 0 Å². The summed E-state index contributed by atoms with van der Waals surface area (Å²) in [4.78, 5) is 2.58. The zero-order valence-corrected chi connectivity index (χ0v) is 14.5. The molecule has 112 valence electrons. The van der Waals surface area contributed by atoms with Crippen LogP contribution in [0.15, 0.2) is 16.6 Å². The van der Waals surface area contributed by atoms with Gasteiger partial charge in [-0.3, -0.25) is 0 Å². The Morgan fingerprint density at radius 1 is 1.35 bits per heavy atom. The van der Waals surface area contributed by atoms with E-state index in [0.717, 1.165) is 35.7 Å². The van der Waals surface area contributed by atoms with Crippen molar-refractivity contribution in [2.24, 2.45) is 5.92 Å². The van der Waals surface area contributed by atoms with Gasteiger partial charge in [0.2, 0.25) is 0 Å². The fraction of sp³-hybridized carbons (Fsp3) is 0.647. The van der Waals surface area contributed by atoms with Crippen LogP contribution >= 0.6 is 15.9 Å². The van der Waals surface area contributed by atoms with Crippen molar-refractivity contribution in [3.05, 3.63) is 27.7 Å². The molecule has 0 N–H and O–H groups in total. The van der Waals surface area contributed by atoms with Crippen LogP contribution in [0, 0.1) is 19.8 Å². The van der Waals surface area contributed by atoms with Crippen molar-refractivity contribution < 1.29 is 4.74 Å². The van der Waals surface area contributed by atoms with Crippen LogP contribution in [0.25, 0.3) is 0 Å². The lowest BCUT2D eigenvalue weighted by atomic mass is 10.0. The highest BCUT2D eigenvalue weighted by Crippen LogP contribution is 2.30. The first-order chi connectivity index (χ1) is 9.56. The molecule has 0 saturated carbocycles. The fourth-order valence-corrected chi connectivity index (χ4v) is 3.83. The summed E-state index contributed by atoms with van der Waals surface area (Å²) in [7, 11) is 0. The zero-order valence-electron chi connectivity index (χ0n) is 12.9. The maximum Gasteiger partial charge on any atom is 0.136 e. The van der Waals surface area contributed by atoms with Crippen LogP contribution in [0.1, 0.15) is 37.3 Å². The lowest BCUT2D eigenvalue weighted by Gasteiger charge is -2.30. The van der Waals surface area contributed by atoms with E-state index < -0.39 is 0 Å². The Kier molecular flexibility index (Phi) is 5.91. The molecule has 0 radical (unpaired) electrons. The molecule has 1 aromatic rings. The van der Waals surface area contributed by atoms with Gasteiger partial charge in [-0.25, -0.2) is 0 Å². The van der Waals surface area contributed by atoms with E-state index in [4.69, 9.17) is 4.74 Å². The van der Waals surface area contributed by atoms with Crippen molar-refractivity contribution in [3.8, 4) is 5.75 Å². The van der Waals surface area contributed by atoms with Crippen molar-refractivity contribution in [2.75, 3.05) is 26.2 Å². The van der Waals surface area contributed by atoms with E-state index in [-0.39, 0.29) is 0 Å². The predicted molar refractivity (Wildman–Crippen MR) is 88.6 cm³/mol. The highest BCUT2D eigenvalue weighted by molar-refractivity contribution is 9.10. The molecule has 20 heavy (non-hydrogen) atoms. The molecule has 0 amide bonds. The highest BCUT2D eigenvalue weighted by atomic mass is 79.9. The molecule has 1 aliphatic heterocycles. The quantitative estimate of drug-likeness (QED) is 0.728. The molecule has 1 aromatic carbocycles. The number of likely N-dealkylation sites (tertiary alicyclic amines) is 1. The fourth-order valence-electron chi connectivity index (χ4n) is 3.04. The number of benzene rings is 1. The number of hydrogen-bond donors (Lipinski definition) is 0. The zero-order chi connectivity index (χ0) is 14.5. The van der Waals surface area contributed by atoms with Gasteiger partial charge in [0.1, 0.15) is 5.75 Å². The average Bonchev–Trinajstić information content (AvgIpc) is 2.36. The van der Waals surface area contributed by atoms with E-state index in [1.54, 1.807) is 0 Å². The third-order valence-corrected chi connectivity index (χ3v) is 4.57. The number of hydrogen-bond acceptors (Lipinski definition) is 2. The summed E-state index contributed by atoms with van der Waals surface area (Å²) < 4.78 is 7.04. The first kappa shape index (κ1) is 15.8. The van der Waals surface area contributed by atoms with Crippen LogP contribution in [0.5, 0.6) is 5.75 Å². The van der Waals surface area contributed by atoms with Gasteiger partial charge in [0.15, 0.2) is 0 Å². The summed E-state index contributed by atoms with van der Waals surface area (Å²) in [6, 6.07) is 4.29. The molecule has 1 saturated heterocycles. The van der Waals surface area contributed by atoms with Crippen molar-refractivity contribution in [1.82, 2.24) is 4.90 Å². The van der Waals surface area contributed by atoms with Gasteiger partial charge in [-0.1, -0.05) is 13.0 Å². The molecule has 2 nitrogen and oxygen atoms in total. The molecule has 0 spiro atoms. The Hall–Kier alpha value is -0.540. The maximum atomic E-state index is 5.97. The highest BCUT2D eigenvalue weighted by Gasteiger charge is 2.15. The van der Waals surface area contributed by atoms with Crippen molar-refractivity contribution in [3.63, 3.8) is 0 Å². The second kappa shape index (κ2) is 7.46. The monoisotopic (exact) mass is 339 g/mol. The van der Waals surface area contributed by atoms with Crippen LogP contribution < -0.4 is 4.74 Å². The SMILES string of the molecule is Cc1cc(C)c(OCCCN2CCC[C@@H](C)C2)c(Br)c1. The molecule has 3 heteroatoms. The van der Waals surface area contributed by atoms with Gasteiger partial charge >= 0.3 is 0 Å². The number of piperidine rings is 1. The standard InChI is InChI=1S/C17H26BrNO/c1-13-6-4-7-19(12-13)8-5-9-20-17-15(3)10-14(2)11-16(17)18/h10-11,13H,4-9,12H2,1-3H3/t13-/m1/s1. The number of ether oxygens (including phenoxy) is 1. The van der Waals surface area contributed by atoms with E-state index in [0.29, 0.717) is 0 Å². The summed E-state index contributed by atoms with van der Waals surface area (Å²) >= 11 is 3.60. The predicted octanol–water partition coefficient (Wildman–Crippen LogP) is 4.57. The minimum atomic E-state index is 0.799. The summed E-state index contributed by atoms with van der Waals surface area (Å²) in [5, 5.41) is 0. The Labute approximate surface area is 131 Å². The Morgan fingerprint density at radius 3 is 2.85 bits per heavy atom. The smallest absolute Gasteiger partial charge is 0.136 e. The summed E-state index contributed by atoms with van der Waals surface area (Å²) in [6.45, 7) is 11.1. The van der Waals surface area contributed by atoms with Gasteiger partial charge in [-0.2, -0.15) is 0 Å².